The van der Waals surface area contributed by atoms with E-state index in [2.05, 4.69) is 0 Å². The molecule has 0 saturated heterocycles. The highest BCUT2D eigenvalue weighted by atomic mass is 14.6. The average Bonchev–Trinajstić information content (AvgIpc) is 1.93. The van der Waals surface area contributed by atoms with Crippen LogP contribution < -0.4 is 11.5 Å². The van der Waals surface area contributed by atoms with E-state index in [1.54, 1.807) is 0 Å². The van der Waals surface area contributed by atoms with Gasteiger partial charge in [-0.1, -0.05) is 0 Å². The smallest absolute Gasteiger partial charge is 0.00745 e. The van der Waals surface area contributed by atoms with Crippen LogP contribution in [0.25, 0.3) is 0 Å². The molecule has 0 spiro atoms. The van der Waals surface area contributed by atoms with Gasteiger partial charge in [0.2, 0.25) is 0 Å². The van der Waals surface area contributed by atoms with E-state index in [1.165, 1.54) is 25.7 Å². The summed E-state index contributed by atoms with van der Waals surface area (Å²) in [6.45, 7) is 1.71. The van der Waals surface area contributed by atoms with Crippen molar-refractivity contribution in [1.82, 2.24) is 0 Å². The maximum Gasteiger partial charge on any atom is -0.00745 e. The summed E-state index contributed by atoms with van der Waals surface area (Å²) in [5, 5.41) is 0. The van der Waals surface area contributed by atoms with Gasteiger partial charge in [0.15, 0.2) is 0 Å². The van der Waals surface area contributed by atoms with E-state index in [4.69, 9.17) is 11.5 Å². The SMILES string of the molecule is NCCC1CCC1CCN. The lowest BCUT2D eigenvalue weighted by Crippen LogP contribution is -2.29. The van der Waals surface area contributed by atoms with Crippen LogP contribution in [-0.4, -0.2) is 13.1 Å². The lowest BCUT2D eigenvalue weighted by molar-refractivity contribution is 0.158. The van der Waals surface area contributed by atoms with Crippen molar-refractivity contribution in [3.8, 4) is 0 Å². The molecule has 0 heterocycles. The zero-order valence-corrected chi connectivity index (χ0v) is 6.55. The van der Waals surface area contributed by atoms with Crippen molar-refractivity contribution in [3.63, 3.8) is 0 Å². The lowest BCUT2D eigenvalue weighted by Gasteiger charge is -2.36. The average molecular weight is 142 g/mol. The van der Waals surface area contributed by atoms with Gasteiger partial charge in [-0.05, 0) is 50.6 Å². The Balaban J connectivity index is 2.09. The molecular weight excluding hydrogens is 124 g/mol. The van der Waals surface area contributed by atoms with Gasteiger partial charge in [0.1, 0.15) is 0 Å². The molecule has 2 atom stereocenters. The molecule has 0 aromatic heterocycles. The highest BCUT2D eigenvalue weighted by Crippen LogP contribution is 2.38. The highest BCUT2D eigenvalue weighted by molar-refractivity contribution is 4.80. The van der Waals surface area contributed by atoms with Crippen LogP contribution in [0, 0.1) is 11.8 Å². The van der Waals surface area contributed by atoms with Crippen molar-refractivity contribution in [1.29, 1.82) is 0 Å². The first kappa shape index (κ1) is 8.02. The molecule has 1 fully saturated rings. The summed E-state index contributed by atoms with van der Waals surface area (Å²) in [4.78, 5) is 0. The summed E-state index contributed by atoms with van der Waals surface area (Å²) >= 11 is 0. The molecular formula is C8H18N2. The fourth-order valence-corrected chi connectivity index (χ4v) is 1.83. The molecule has 1 aliphatic rings. The molecule has 1 aliphatic carbocycles. The minimum atomic E-state index is 0.853. The van der Waals surface area contributed by atoms with Crippen molar-refractivity contribution < 1.29 is 0 Å². The number of rotatable bonds is 4. The molecule has 1 saturated carbocycles. The summed E-state index contributed by atoms with van der Waals surface area (Å²) < 4.78 is 0. The first-order valence-electron chi connectivity index (χ1n) is 4.28. The summed E-state index contributed by atoms with van der Waals surface area (Å²) in [5.74, 6) is 1.82. The van der Waals surface area contributed by atoms with Crippen molar-refractivity contribution in [3.05, 3.63) is 0 Å². The molecule has 2 nitrogen and oxygen atoms in total. The summed E-state index contributed by atoms with van der Waals surface area (Å²) in [6.07, 6.45) is 5.21. The van der Waals surface area contributed by atoms with Crippen molar-refractivity contribution in [2.24, 2.45) is 23.3 Å². The quantitative estimate of drug-likeness (QED) is 0.607. The van der Waals surface area contributed by atoms with E-state index in [-0.39, 0.29) is 0 Å². The Morgan fingerprint density at radius 2 is 1.30 bits per heavy atom. The van der Waals surface area contributed by atoms with E-state index in [0.717, 1.165) is 24.9 Å². The molecule has 0 amide bonds. The van der Waals surface area contributed by atoms with E-state index < -0.39 is 0 Å². The van der Waals surface area contributed by atoms with Crippen LogP contribution in [0.3, 0.4) is 0 Å². The molecule has 0 aromatic carbocycles. The molecule has 2 heteroatoms. The second kappa shape index (κ2) is 3.94. The van der Waals surface area contributed by atoms with E-state index in [9.17, 15) is 0 Å². The van der Waals surface area contributed by atoms with Crippen LogP contribution in [0.5, 0.6) is 0 Å². The topological polar surface area (TPSA) is 52.0 Å². The molecule has 0 bridgehead atoms. The van der Waals surface area contributed by atoms with Gasteiger partial charge in [-0.2, -0.15) is 0 Å². The molecule has 0 aliphatic heterocycles. The molecule has 4 N–H and O–H groups in total. The van der Waals surface area contributed by atoms with Crippen molar-refractivity contribution in [2.45, 2.75) is 25.7 Å². The van der Waals surface area contributed by atoms with Gasteiger partial charge in [0.25, 0.3) is 0 Å². The Labute approximate surface area is 63.0 Å². The van der Waals surface area contributed by atoms with Crippen LogP contribution >= 0.6 is 0 Å². The Kier molecular flexibility index (Phi) is 3.16. The summed E-state index contributed by atoms with van der Waals surface area (Å²) in [7, 11) is 0. The van der Waals surface area contributed by atoms with Crippen molar-refractivity contribution >= 4 is 0 Å². The Bertz CT molecular complexity index is 81.3. The number of nitrogens with two attached hydrogens (primary N) is 2. The summed E-state index contributed by atoms with van der Waals surface area (Å²) in [5.41, 5.74) is 10.9. The van der Waals surface area contributed by atoms with Crippen LogP contribution in [0.4, 0.5) is 0 Å². The first-order chi connectivity index (χ1) is 4.88. The van der Waals surface area contributed by atoms with Crippen LogP contribution in [-0.2, 0) is 0 Å². The largest absolute Gasteiger partial charge is 0.330 e. The first-order valence-corrected chi connectivity index (χ1v) is 4.28. The molecule has 1 rings (SSSR count). The predicted octanol–water partition coefficient (Wildman–Crippen LogP) is 0.710. The monoisotopic (exact) mass is 142 g/mol. The third-order valence-electron chi connectivity index (χ3n) is 2.65. The third-order valence-corrected chi connectivity index (χ3v) is 2.65. The number of hydrogen-bond donors (Lipinski definition) is 2. The minimum Gasteiger partial charge on any atom is -0.330 e. The van der Waals surface area contributed by atoms with Crippen LogP contribution in [0.2, 0.25) is 0 Å². The van der Waals surface area contributed by atoms with Gasteiger partial charge in [-0.15, -0.1) is 0 Å². The zero-order chi connectivity index (χ0) is 7.40. The molecule has 60 valence electrons. The maximum atomic E-state index is 5.47. The second-order valence-corrected chi connectivity index (χ2v) is 3.25. The zero-order valence-electron chi connectivity index (χ0n) is 6.55. The number of hydrogen-bond acceptors (Lipinski definition) is 2. The predicted molar refractivity (Wildman–Crippen MR) is 43.6 cm³/mol. The fraction of sp³-hybridized carbons (Fsp3) is 1.00. The van der Waals surface area contributed by atoms with Gasteiger partial charge in [0, 0.05) is 0 Å². The van der Waals surface area contributed by atoms with Gasteiger partial charge in [0.05, 0.1) is 0 Å². The van der Waals surface area contributed by atoms with E-state index in [0.29, 0.717) is 0 Å². The van der Waals surface area contributed by atoms with Crippen LogP contribution in [0.1, 0.15) is 25.7 Å². The van der Waals surface area contributed by atoms with Gasteiger partial charge < -0.3 is 11.5 Å². The Morgan fingerprint density at radius 1 is 0.900 bits per heavy atom. The maximum absolute atomic E-state index is 5.47. The molecule has 0 aromatic rings. The van der Waals surface area contributed by atoms with Gasteiger partial charge in [-0.3, -0.25) is 0 Å². The molecule has 10 heavy (non-hydrogen) atoms. The standard InChI is InChI=1S/C8H18N2/c9-5-3-7-1-2-8(7)4-6-10/h7-8H,1-6,9-10H2. The lowest BCUT2D eigenvalue weighted by atomic mass is 9.70. The van der Waals surface area contributed by atoms with Gasteiger partial charge >= 0.3 is 0 Å². The molecule has 2 unspecified atom stereocenters. The summed E-state index contributed by atoms with van der Waals surface area (Å²) in [6, 6.07) is 0. The van der Waals surface area contributed by atoms with E-state index >= 15 is 0 Å². The van der Waals surface area contributed by atoms with Crippen molar-refractivity contribution in [2.75, 3.05) is 13.1 Å². The molecule has 0 radical (unpaired) electrons. The second-order valence-electron chi connectivity index (χ2n) is 3.25. The Hall–Kier alpha value is -0.0800. The minimum absolute atomic E-state index is 0.853. The van der Waals surface area contributed by atoms with E-state index in [1.807, 2.05) is 0 Å². The fourth-order valence-electron chi connectivity index (χ4n) is 1.83. The normalized spacial score (nSPS) is 31.8. The van der Waals surface area contributed by atoms with Gasteiger partial charge in [-0.25, -0.2) is 0 Å². The van der Waals surface area contributed by atoms with Crippen LogP contribution in [0.15, 0.2) is 0 Å². The Morgan fingerprint density at radius 3 is 1.50 bits per heavy atom. The highest BCUT2D eigenvalue weighted by Gasteiger charge is 2.28. The third kappa shape index (κ3) is 1.70.